The average Bonchev–Trinajstić information content (AvgIpc) is 3.15. The molecule has 0 bridgehead atoms. The predicted molar refractivity (Wildman–Crippen MR) is 96.4 cm³/mol. The molecule has 1 aliphatic rings. The molecule has 0 N–H and O–H groups in total. The molecule has 0 unspecified atom stereocenters. The summed E-state index contributed by atoms with van der Waals surface area (Å²) >= 11 is 0. The minimum Gasteiger partial charge on any atom is -0.497 e. The third-order valence-electron chi connectivity index (χ3n) is 4.93. The van der Waals surface area contributed by atoms with E-state index in [0.29, 0.717) is 30.4 Å². The normalized spacial score (nSPS) is 17.5. The van der Waals surface area contributed by atoms with Crippen molar-refractivity contribution in [2.75, 3.05) is 20.2 Å². The van der Waals surface area contributed by atoms with Crippen LogP contribution in [0.2, 0.25) is 0 Å². The van der Waals surface area contributed by atoms with Gasteiger partial charge < -0.3 is 14.1 Å². The van der Waals surface area contributed by atoms with Crippen LogP contribution >= 0.6 is 0 Å². The Morgan fingerprint density at radius 3 is 2.88 bits per heavy atom. The smallest absolute Gasteiger partial charge is 0.223 e. The standard InChI is InChI=1S/C20H26N2O3/c1-3-15-5-4-12-22(14-15)20(23)11-10-19-21-13-18(25-19)16-6-8-17(24-2)9-7-16/h6-9,13,15H,3-5,10-12,14H2,1-2H3/t15-/m1/s1. The molecule has 3 rings (SSSR count). The Balaban J connectivity index is 1.55. The van der Waals surface area contributed by atoms with Crippen molar-refractivity contribution in [1.82, 2.24) is 9.88 Å². The molecule has 1 aromatic carbocycles. The van der Waals surface area contributed by atoms with E-state index in [9.17, 15) is 4.79 Å². The molecule has 2 aromatic rings. The first-order chi connectivity index (χ1) is 12.2. The van der Waals surface area contributed by atoms with Crippen LogP contribution in [-0.4, -0.2) is 36.0 Å². The van der Waals surface area contributed by atoms with Crippen LogP contribution in [-0.2, 0) is 11.2 Å². The number of piperidine rings is 1. The van der Waals surface area contributed by atoms with Crippen LogP contribution in [0.3, 0.4) is 0 Å². The van der Waals surface area contributed by atoms with E-state index in [1.54, 1.807) is 13.3 Å². The first-order valence-electron chi connectivity index (χ1n) is 9.06. The number of hydrogen-bond acceptors (Lipinski definition) is 4. The molecule has 0 spiro atoms. The van der Waals surface area contributed by atoms with Gasteiger partial charge >= 0.3 is 0 Å². The number of likely N-dealkylation sites (tertiary alicyclic amines) is 1. The minimum absolute atomic E-state index is 0.211. The van der Waals surface area contributed by atoms with E-state index in [-0.39, 0.29) is 5.91 Å². The van der Waals surface area contributed by atoms with Gasteiger partial charge in [-0.2, -0.15) is 0 Å². The Bertz CT molecular complexity index is 693. The number of aromatic nitrogens is 1. The first-order valence-corrected chi connectivity index (χ1v) is 9.06. The van der Waals surface area contributed by atoms with Crippen LogP contribution in [0.5, 0.6) is 5.75 Å². The lowest BCUT2D eigenvalue weighted by molar-refractivity contribution is -0.133. The lowest BCUT2D eigenvalue weighted by Crippen LogP contribution is -2.39. The summed E-state index contributed by atoms with van der Waals surface area (Å²) in [5, 5.41) is 0. The van der Waals surface area contributed by atoms with Crippen molar-refractivity contribution >= 4 is 5.91 Å². The van der Waals surface area contributed by atoms with Crippen molar-refractivity contribution in [3.63, 3.8) is 0 Å². The number of nitrogens with zero attached hydrogens (tertiary/aromatic N) is 2. The summed E-state index contributed by atoms with van der Waals surface area (Å²) in [5.41, 5.74) is 0.952. The maximum Gasteiger partial charge on any atom is 0.223 e. The lowest BCUT2D eigenvalue weighted by Gasteiger charge is -2.32. The Hall–Kier alpha value is -2.30. The van der Waals surface area contributed by atoms with Crippen molar-refractivity contribution in [2.45, 2.75) is 39.0 Å². The summed E-state index contributed by atoms with van der Waals surface area (Å²) in [5.74, 6) is 3.00. The largest absolute Gasteiger partial charge is 0.497 e. The minimum atomic E-state index is 0.211. The van der Waals surface area contributed by atoms with Crippen LogP contribution in [0, 0.1) is 5.92 Å². The zero-order valence-electron chi connectivity index (χ0n) is 15.0. The number of hydrogen-bond donors (Lipinski definition) is 0. The molecule has 5 nitrogen and oxygen atoms in total. The van der Waals surface area contributed by atoms with Crippen molar-refractivity contribution in [2.24, 2.45) is 5.92 Å². The molecule has 1 atom stereocenters. The van der Waals surface area contributed by atoms with Gasteiger partial charge in [-0.05, 0) is 43.0 Å². The summed E-state index contributed by atoms with van der Waals surface area (Å²) < 4.78 is 11.0. The molecule has 0 saturated carbocycles. The molecule has 1 fully saturated rings. The van der Waals surface area contributed by atoms with E-state index in [0.717, 1.165) is 37.2 Å². The molecule has 134 valence electrons. The van der Waals surface area contributed by atoms with E-state index in [1.807, 2.05) is 29.2 Å². The number of carbonyl (C=O) groups excluding carboxylic acids is 1. The number of amides is 1. The zero-order chi connectivity index (χ0) is 17.6. The lowest BCUT2D eigenvalue weighted by atomic mass is 9.95. The molecule has 5 heteroatoms. The quantitative estimate of drug-likeness (QED) is 0.798. The van der Waals surface area contributed by atoms with Crippen molar-refractivity contribution in [3.8, 4) is 17.1 Å². The Labute approximate surface area is 149 Å². The maximum absolute atomic E-state index is 12.4. The van der Waals surface area contributed by atoms with E-state index in [4.69, 9.17) is 9.15 Å². The fraction of sp³-hybridized carbons (Fsp3) is 0.500. The molecular weight excluding hydrogens is 316 g/mol. The summed E-state index contributed by atoms with van der Waals surface area (Å²) in [6.45, 7) is 3.99. The summed E-state index contributed by atoms with van der Waals surface area (Å²) in [6.07, 6.45) is 6.22. The first kappa shape index (κ1) is 17.5. The Morgan fingerprint density at radius 2 is 2.16 bits per heavy atom. The van der Waals surface area contributed by atoms with Crippen molar-refractivity contribution in [3.05, 3.63) is 36.4 Å². The van der Waals surface area contributed by atoms with Gasteiger partial charge in [-0.3, -0.25) is 4.79 Å². The van der Waals surface area contributed by atoms with Gasteiger partial charge in [0.2, 0.25) is 5.91 Å². The average molecular weight is 342 g/mol. The van der Waals surface area contributed by atoms with Gasteiger partial charge in [-0.15, -0.1) is 0 Å². The molecule has 1 amide bonds. The number of ether oxygens (including phenoxy) is 1. The van der Waals surface area contributed by atoms with Gasteiger partial charge in [0.05, 0.1) is 13.3 Å². The Morgan fingerprint density at radius 1 is 1.36 bits per heavy atom. The highest BCUT2D eigenvalue weighted by atomic mass is 16.5. The number of aryl methyl sites for hydroxylation is 1. The second-order valence-electron chi connectivity index (χ2n) is 6.60. The number of rotatable bonds is 6. The number of carbonyl (C=O) groups is 1. The second kappa shape index (κ2) is 8.19. The maximum atomic E-state index is 12.4. The fourth-order valence-corrected chi connectivity index (χ4v) is 3.31. The van der Waals surface area contributed by atoms with Gasteiger partial charge in [-0.1, -0.05) is 13.3 Å². The molecule has 1 saturated heterocycles. The molecule has 0 aliphatic carbocycles. The third kappa shape index (κ3) is 4.41. The van der Waals surface area contributed by atoms with Crippen molar-refractivity contribution in [1.29, 1.82) is 0 Å². The van der Waals surface area contributed by atoms with Crippen LogP contribution in [0.4, 0.5) is 0 Å². The van der Waals surface area contributed by atoms with Crippen LogP contribution in [0.1, 0.15) is 38.5 Å². The topological polar surface area (TPSA) is 55.6 Å². The predicted octanol–water partition coefficient (Wildman–Crippen LogP) is 3.93. The summed E-state index contributed by atoms with van der Waals surface area (Å²) in [7, 11) is 1.64. The monoisotopic (exact) mass is 342 g/mol. The van der Waals surface area contributed by atoms with Crippen LogP contribution < -0.4 is 4.74 Å². The summed E-state index contributed by atoms with van der Waals surface area (Å²) in [6, 6.07) is 7.66. The molecule has 0 radical (unpaired) electrons. The van der Waals surface area contributed by atoms with Gasteiger partial charge in [0.1, 0.15) is 5.75 Å². The number of methoxy groups -OCH3 is 1. The third-order valence-corrected chi connectivity index (χ3v) is 4.93. The molecule has 1 aliphatic heterocycles. The van der Waals surface area contributed by atoms with E-state index in [1.165, 1.54) is 6.42 Å². The Kier molecular flexibility index (Phi) is 5.74. The van der Waals surface area contributed by atoms with Gasteiger partial charge in [0, 0.05) is 31.5 Å². The van der Waals surface area contributed by atoms with Gasteiger partial charge in [-0.25, -0.2) is 4.98 Å². The number of benzene rings is 1. The van der Waals surface area contributed by atoms with Crippen molar-refractivity contribution < 1.29 is 13.9 Å². The highest BCUT2D eigenvalue weighted by Gasteiger charge is 2.22. The van der Waals surface area contributed by atoms with E-state index >= 15 is 0 Å². The highest BCUT2D eigenvalue weighted by molar-refractivity contribution is 5.76. The molecule has 25 heavy (non-hydrogen) atoms. The number of oxazole rings is 1. The molecular formula is C20H26N2O3. The molecule has 2 heterocycles. The second-order valence-corrected chi connectivity index (χ2v) is 6.60. The van der Waals surface area contributed by atoms with Gasteiger partial charge in [0.15, 0.2) is 11.7 Å². The zero-order valence-corrected chi connectivity index (χ0v) is 15.0. The fourth-order valence-electron chi connectivity index (χ4n) is 3.31. The SMILES string of the molecule is CC[C@@H]1CCCN(C(=O)CCc2ncc(-c3ccc(OC)cc3)o2)C1. The van der Waals surface area contributed by atoms with Crippen LogP contribution in [0.15, 0.2) is 34.9 Å². The molecule has 1 aromatic heterocycles. The summed E-state index contributed by atoms with van der Waals surface area (Å²) in [4.78, 5) is 18.7. The van der Waals surface area contributed by atoms with E-state index in [2.05, 4.69) is 11.9 Å². The van der Waals surface area contributed by atoms with Crippen LogP contribution in [0.25, 0.3) is 11.3 Å². The van der Waals surface area contributed by atoms with Gasteiger partial charge in [0.25, 0.3) is 0 Å². The highest BCUT2D eigenvalue weighted by Crippen LogP contribution is 2.24. The van der Waals surface area contributed by atoms with E-state index < -0.39 is 0 Å².